The van der Waals surface area contributed by atoms with Crippen LogP contribution in [0.5, 0.6) is 0 Å². The molecule has 1 aliphatic carbocycles. The van der Waals surface area contributed by atoms with Crippen LogP contribution in [0.4, 0.5) is 0 Å². The number of halogens is 1. The average molecular weight is 406 g/mol. The summed E-state index contributed by atoms with van der Waals surface area (Å²) in [4.78, 5) is 17.2. The van der Waals surface area contributed by atoms with Crippen LogP contribution in [0.2, 0.25) is 5.02 Å². The first-order valence-electron chi connectivity index (χ1n) is 10.8. The number of nitrogens with one attached hydrogen (secondary N) is 1. The van der Waals surface area contributed by atoms with Gasteiger partial charge in [-0.05, 0) is 54.7 Å². The van der Waals surface area contributed by atoms with Crippen molar-refractivity contribution in [2.75, 3.05) is 32.7 Å². The fourth-order valence-electron chi connectivity index (χ4n) is 4.53. The first-order valence-corrected chi connectivity index (χ1v) is 11.2. The minimum absolute atomic E-state index is 0.199. The van der Waals surface area contributed by atoms with Gasteiger partial charge in [-0.2, -0.15) is 0 Å². The molecule has 5 heteroatoms. The van der Waals surface area contributed by atoms with Crippen LogP contribution in [0.15, 0.2) is 24.3 Å². The SMILES string of the molecule is CC(C)(C)C1CCC(NC(=O)CN2CCN(Cc3ccc(Cl)cc3)CC2)CC1. The van der Waals surface area contributed by atoms with E-state index in [1.165, 1.54) is 18.4 Å². The summed E-state index contributed by atoms with van der Waals surface area (Å²) in [5.74, 6) is 0.986. The highest BCUT2D eigenvalue weighted by Gasteiger charge is 2.30. The third-order valence-electron chi connectivity index (χ3n) is 6.47. The zero-order valence-electron chi connectivity index (χ0n) is 17.7. The number of benzene rings is 1. The number of rotatable bonds is 5. The van der Waals surface area contributed by atoms with E-state index in [9.17, 15) is 4.79 Å². The summed E-state index contributed by atoms with van der Waals surface area (Å²) in [7, 11) is 0. The standard InChI is InChI=1S/C23H36ClN3O/c1-23(2,3)19-6-10-21(11-7-19)25-22(28)17-27-14-12-26(13-15-27)16-18-4-8-20(24)9-5-18/h4-5,8-9,19,21H,6-7,10-17H2,1-3H3,(H,25,28). The molecule has 2 aliphatic rings. The predicted molar refractivity (Wildman–Crippen MR) is 117 cm³/mol. The van der Waals surface area contributed by atoms with E-state index >= 15 is 0 Å². The highest BCUT2D eigenvalue weighted by Crippen LogP contribution is 2.37. The summed E-state index contributed by atoms with van der Waals surface area (Å²) in [5.41, 5.74) is 1.68. The zero-order chi connectivity index (χ0) is 20.1. The van der Waals surface area contributed by atoms with Gasteiger partial charge in [-0.3, -0.25) is 14.6 Å². The van der Waals surface area contributed by atoms with Crippen molar-refractivity contribution >= 4 is 17.5 Å². The Kier molecular flexibility index (Phi) is 7.41. The van der Waals surface area contributed by atoms with Gasteiger partial charge in [0.15, 0.2) is 0 Å². The Bertz CT molecular complexity index is 624. The molecule has 1 aromatic rings. The van der Waals surface area contributed by atoms with Gasteiger partial charge < -0.3 is 5.32 Å². The van der Waals surface area contributed by atoms with E-state index in [1.54, 1.807) is 0 Å². The van der Waals surface area contributed by atoms with Crippen molar-refractivity contribution in [1.29, 1.82) is 0 Å². The molecule has 28 heavy (non-hydrogen) atoms. The highest BCUT2D eigenvalue weighted by atomic mass is 35.5. The molecule has 2 fully saturated rings. The summed E-state index contributed by atoms with van der Waals surface area (Å²) < 4.78 is 0. The Morgan fingerprint density at radius 2 is 1.57 bits per heavy atom. The number of carbonyl (C=O) groups excluding carboxylic acids is 1. The summed E-state index contributed by atoms with van der Waals surface area (Å²) in [6, 6.07) is 8.46. The Labute approximate surface area is 175 Å². The molecule has 1 N–H and O–H groups in total. The molecular weight excluding hydrogens is 370 g/mol. The van der Waals surface area contributed by atoms with Crippen LogP contribution in [0, 0.1) is 11.3 Å². The fourth-order valence-corrected chi connectivity index (χ4v) is 4.66. The molecule has 1 aliphatic heterocycles. The van der Waals surface area contributed by atoms with Crippen LogP contribution in [0.25, 0.3) is 0 Å². The van der Waals surface area contributed by atoms with E-state index in [2.05, 4.69) is 48.0 Å². The van der Waals surface area contributed by atoms with Crippen molar-refractivity contribution in [1.82, 2.24) is 15.1 Å². The molecule has 4 nitrogen and oxygen atoms in total. The number of hydrogen-bond acceptors (Lipinski definition) is 3. The summed E-state index contributed by atoms with van der Waals surface area (Å²) in [5, 5.41) is 4.07. The number of nitrogens with zero attached hydrogens (tertiary/aromatic N) is 2. The minimum Gasteiger partial charge on any atom is -0.352 e. The van der Waals surface area contributed by atoms with Crippen molar-refractivity contribution in [3.8, 4) is 0 Å². The van der Waals surface area contributed by atoms with E-state index < -0.39 is 0 Å². The molecule has 1 amide bonds. The van der Waals surface area contributed by atoms with Gasteiger partial charge in [-0.1, -0.05) is 44.5 Å². The number of carbonyl (C=O) groups is 1. The van der Waals surface area contributed by atoms with E-state index in [4.69, 9.17) is 11.6 Å². The Morgan fingerprint density at radius 1 is 1.00 bits per heavy atom. The molecule has 0 spiro atoms. The quantitative estimate of drug-likeness (QED) is 0.798. The van der Waals surface area contributed by atoms with Crippen molar-refractivity contribution in [3.63, 3.8) is 0 Å². The molecule has 1 saturated carbocycles. The van der Waals surface area contributed by atoms with Crippen LogP contribution in [0.3, 0.4) is 0 Å². The molecule has 0 bridgehead atoms. The maximum absolute atomic E-state index is 12.5. The van der Waals surface area contributed by atoms with Gasteiger partial charge in [0.2, 0.25) is 5.91 Å². The summed E-state index contributed by atoms with van der Waals surface area (Å²) in [6.45, 7) is 12.4. The first kappa shape index (κ1) is 21.6. The fraction of sp³-hybridized carbons (Fsp3) is 0.696. The lowest BCUT2D eigenvalue weighted by molar-refractivity contribution is -0.123. The van der Waals surface area contributed by atoms with Crippen LogP contribution in [-0.4, -0.2) is 54.5 Å². The monoisotopic (exact) mass is 405 g/mol. The molecule has 156 valence electrons. The Morgan fingerprint density at radius 3 is 2.14 bits per heavy atom. The maximum Gasteiger partial charge on any atom is 0.234 e. The van der Waals surface area contributed by atoms with Crippen LogP contribution < -0.4 is 5.32 Å². The molecule has 1 heterocycles. The molecule has 0 atom stereocenters. The predicted octanol–water partition coefficient (Wildman–Crippen LogP) is 4.18. The number of piperazine rings is 1. The smallest absolute Gasteiger partial charge is 0.234 e. The lowest BCUT2D eigenvalue weighted by Gasteiger charge is -2.38. The third-order valence-corrected chi connectivity index (χ3v) is 6.72. The Balaban J connectivity index is 1.34. The molecule has 0 aromatic heterocycles. The second-order valence-corrected chi connectivity index (χ2v) is 10.1. The van der Waals surface area contributed by atoms with Crippen molar-refractivity contribution in [2.24, 2.45) is 11.3 Å². The van der Waals surface area contributed by atoms with Crippen molar-refractivity contribution in [2.45, 2.75) is 59.0 Å². The molecular formula is C23H36ClN3O. The van der Waals surface area contributed by atoms with Gasteiger partial charge in [0.25, 0.3) is 0 Å². The van der Waals surface area contributed by atoms with Gasteiger partial charge in [-0.25, -0.2) is 0 Å². The third kappa shape index (κ3) is 6.47. The molecule has 0 unspecified atom stereocenters. The second kappa shape index (κ2) is 9.60. The minimum atomic E-state index is 0.199. The average Bonchev–Trinajstić information content (AvgIpc) is 2.65. The van der Waals surface area contributed by atoms with Gasteiger partial charge in [0, 0.05) is 43.8 Å². The summed E-state index contributed by atoms with van der Waals surface area (Å²) in [6.07, 6.45) is 4.72. The van der Waals surface area contributed by atoms with Crippen LogP contribution >= 0.6 is 11.6 Å². The lowest BCUT2D eigenvalue weighted by atomic mass is 9.71. The second-order valence-electron chi connectivity index (χ2n) is 9.66. The van der Waals surface area contributed by atoms with E-state index in [-0.39, 0.29) is 5.91 Å². The number of hydrogen-bond donors (Lipinski definition) is 1. The van der Waals surface area contributed by atoms with Crippen molar-refractivity contribution < 1.29 is 4.79 Å². The van der Waals surface area contributed by atoms with Crippen LogP contribution in [-0.2, 0) is 11.3 Å². The molecule has 1 saturated heterocycles. The summed E-state index contributed by atoms with van der Waals surface area (Å²) >= 11 is 5.96. The van der Waals surface area contributed by atoms with E-state index in [0.717, 1.165) is 56.5 Å². The maximum atomic E-state index is 12.5. The zero-order valence-corrected chi connectivity index (χ0v) is 18.5. The van der Waals surface area contributed by atoms with Crippen molar-refractivity contribution in [3.05, 3.63) is 34.9 Å². The largest absolute Gasteiger partial charge is 0.352 e. The normalized spacial score (nSPS) is 24.9. The van der Waals surface area contributed by atoms with E-state index in [0.29, 0.717) is 18.0 Å². The first-order chi connectivity index (χ1) is 13.3. The lowest BCUT2D eigenvalue weighted by Crippen LogP contribution is -2.50. The van der Waals surface area contributed by atoms with Gasteiger partial charge in [0.1, 0.15) is 0 Å². The molecule has 0 radical (unpaired) electrons. The van der Waals surface area contributed by atoms with Gasteiger partial charge in [-0.15, -0.1) is 0 Å². The number of amides is 1. The highest BCUT2D eigenvalue weighted by molar-refractivity contribution is 6.30. The Hall–Kier alpha value is -1.10. The molecule has 1 aromatic carbocycles. The van der Waals surface area contributed by atoms with Gasteiger partial charge in [0.05, 0.1) is 6.54 Å². The van der Waals surface area contributed by atoms with E-state index in [1.807, 2.05) is 12.1 Å². The van der Waals surface area contributed by atoms with Gasteiger partial charge >= 0.3 is 0 Å². The molecule has 3 rings (SSSR count). The van der Waals surface area contributed by atoms with Crippen LogP contribution in [0.1, 0.15) is 52.0 Å². The topological polar surface area (TPSA) is 35.6 Å².